The molecule has 1 aliphatic rings. The Bertz CT molecular complexity index is 1540. The van der Waals surface area contributed by atoms with Gasteiger partial charge in [-0.05, 0) is 80.0 Å². The van der Waals surface area contributed by atoms with Crippen molar-refractivity contribution in [3.63, 3.8) is 0 Å². The smallest absolute Gasteiger partial charge is 0.326 e. The third-order valence-electron chi connectivity index (χ3n) is 7.84. The molecular weight excluding hydrogens is 576 g/mol. The standard InChI is InChI=1S/C35H39F2N5O3/c36-28-22-29(37)24-31(23-28)45-20-19-42(17-5-4-10-30-12-11-26-9-6-15-39-34(26)40-30)18-14-32(35(43)44)41-33-21-27(13-16-38-33)25-7-2-1-3-8-25/h1-3,7-8,11-13,16,21-24,32H,4-6,9-10,14-15,17-20H2,(H,38,41)(H,39,40)(H,43,44)/t32-/m0/s1. The number of pyridine rings is 2. The lowest BCUT2D eigenvalue weighted by Gasteiger charge is -2.25. The van der Waals surface area contributed by atoms with E-state index in [9.17, 15) is 18.7 Å². The van der Waals surface area contributed by atoms with Crippen LogP contribution in [0.15, 0.2) is 79.0 Å². The van der Waals surface area contributed by atoms with Gasteiger partial charge in [-0.3, -0.25) is 4.90 Å². The number of nitrogens with zero attached hydrogens (tertiary/aromatic N) is 3. The predicted octanol–water partition coefficient (Wildman–Crippen LogP) is 6.44. The normalized spacial score (nSPS) is 13.1. The third kappa shape index (κ3) is 9.71. The van der Waals surface area contributed by atoms with Crippen molar-refractivity contribution in [1.82, 2.24) is 14.9 Å². The highest BCUT2D eigenvalue weighted by Gasteiger charge is 2.20. The Labute approximate surface area is 262 Å². The topological polar surface area (TPSA) is 99.6 Å². The SMILES string of the molecule is O=C(O)[C@H](CCN(CCCCc1ccc2c(n1)NCCC2)CCOc1cc(F)cc(F)c1)Nc1cc(-c2ccccc2)ccn1. The molecule has 0 aliphatic carbocycles. The molecule has 0 spiro atoms. The first kappa shape index (κ1) is 31.8. The summed E-state index contributed by atoms with van der Waals surface area (Å²) in [7, 11) is 0. The number of hydrogen-bond acceptors (Lipinski definition) is 7. The summed E-state index contributed by atoms with van der Waals surface area (Å²) < 4.78 is 32.9. The van der Waals surface area contributed by atoms with Gasteiger partial charge in [0.05, 0.1) is 0 Å². The molecule has 2 aromatic heterocycles. The van der Waals surface area contributed by atoms with Gasteiger partial charge in [-0.25, -0.2) is 23.5 Å². The lowest BCUT2D eigenvalue weighted by Crippen LogP contribution is -2.37. The Balaban J connectivity index is 1.18. The molecule has 0 fully saturated rings. The Morgan fingerprint density at radius 1 is 0.978 bits per heavy atom. The minimum atomic E-state index is -0.972. The number of rotatable bonds is 16. The number of carbonyl (C=O) groups is 1. The zero-order chi connectivity index (χ0) is 31.4. The molecule has 45 heavy (non-hydrogen) atoms. The van der Waals surface area contributed by atoms with Gasteiger partial charge in [0.25, 0.3) is 0 Å². The summed E-state index contributed by atoms with van der Waals surface area (Å²) in [5, 5.41) is 16.5. The molecule has 1 atom stereocenters. The van der Waals surface area contributed by atoms with E-state index in [2.05, 4.69) is 32.7 Å². The van der Waals surface area contributed by atoms with Crippen molar-refractivity contribution in [1.29, 1.82) is 0 Å². The van der Waals surface area contributed by atoms with Crippen molar-refractivity contribution >= 4 is 17.6 Å². The average molecular weight is 616 g/mol. The maximum atomic E-state index is 13.6. The number of carboxylic acid groups (broad SMARTS) is 1. The van der Waals surface area contributed by atoms with E-state index in [4.69, 9.17) is 9.72 Å². The molecule has 4 aromatic rings. The summed E-state index contributed by atoms with van der Waals surface area (Å²) >= 11 is 0. The van der Waals surface area contributed by atoms with Crippen molar-refractivity contribution in [2.75, 3.05) is 43.4 Å². The Kier molecular flexibility index (Phi) is 11.3. The Morgan fingerprint density at radius 2 is 1.80 bits per heavy atom. The van der Waals surface area contributed by atoms with Crippen LogP contribution in [-0.4, -0.2) is 64.8 Å². The molecule has 1 aliphatic heterocycles. The molecule has 8 nitrogen and oxygen atoms in total. The van der Waals surface area contributed by atoms with E-state index in [0.717, 1.165) is 79.5 Å². The number of nitrogens with one attached hydrogen (secondary N) is 2. The van der Waals surface area contributed by atoms with Crippen LogP contribution in [0.1, 0.15) is 36.9 Å². The van der Waals surface area contributed by atoms with Crippen LogP contribution in [-0.2, 0) is 17.6 Å². The number of aromatic nitrogens is 2. The van der Waals surface area contributed by atoms with E-state index in [1.54, 1.807) is 6.20 Å². The molecule has 5 rings (SSSR count). The first-order chi connectivity index (χ1) is 21.9. The van der Waals surface area contributed by atoms with E-state index in [1.165, 1.54) is 5.56 Å². The number of unbranched alkanes of at least 4 members (excludes halogenated alkanes) is 1. The Morgan fingerprint density at radius 3 is 2.60 bits per heavy atom. The second-order valence-electron chi connectivity index (χ2n) is 11.2. The molecule has 0 saturated heterocycles. The molecular formula is C35H39F2N5O3. The number of fused-ring (bicyclic) bond motifs is 1. The number of aliphatic carboxylic acids is 1. The van der Waals surface area contributed by atoms with Crippen LogP contribution in [0, 0.1) is 11.6 Å². The van der Waals surface area contributed by atoms with Gasteiger partial charge in [-0.2, -0.15) is 0 Å². The number of aryl methyl sites for hydroxylation is 2. The first-order valence-corrected chi connectivity index (χ1v) is 15.5. The van der Waals surface area contributed by atoms with Gasteiger partial charge in [-0.15, -0.1) is 0 Å². The highest BCUT2D eigenvalue weighted by molar-refractivity contribution is 5.77. The van der Waals surface area contributed by atoms with Crippen LogP contribution in [0.5, 0.6) is 5.75 Å². The van der Waals surface area contributed by atoms with Crippen molar-refractivity contribution in [3.8, 4) is 16.9 Å². The monoisotopic (exact) mass is 615 g/mol. The molecule has 0 radical (unpaired) electrons. The van der Waals surface area contributed by atoms with Gasteiger partial charge in [0.2, 0.25) is 0 Å². The number of ether oxygens (including phenoxy) is 1. The molecule has 2 aromatic carbocycles. The summed E-state index contributed by atoms with van der Waals surface area (Å²) in [4.78, 5) is 23.5. The molecule has 0 bridgehead atoms. The van der Waals surface area contributed by atoms with Crippen LogP contribution in [0.4, 0.5) is 20.4 Å². The van der Waals surface area contributed by atoms with Gasteiger partial charge in [-0.1, -0.05) is 36.4 Å². The highest BCUT2D eigenvalue weighted by Crippen LogP contribution is 2.22. The minimum absolute atomic E-state index is 0.119. The van der Waals surface area contributed by atoms with Crippen molar-refractivity contribution < 1.29 is 23.4 Å². The predicted molar refractivity (Wildman–Crippen MR) is 172 cm³/mol. The number of carboxylic acids is 1. The third-order valence-corrected chi connectivity index (χ3v) is 7.84. The molecule has 236 valence electrons. The number of benzene rings is 2. The van der Waals surface area contributed by atoms with E-state index in [1.807, 2.05) is 42.5 Å². The van der Waals surface area contributed by atoms with Crippen molar-refractivity contribution in [2.45, 2.75) is 44.6 Å². The zero-order valence-electron chi connectivity index (χ0n) is 25.2. The van der Waals surface area contributed by atoms with E-state index in [0.29, 0.717) is 31.9 Å². The van der Waals surface area contributed by atoms with Crippen LogP contribution in [0.3, 0.4) is 0 Å². The van der Waals surface area contributed by atoms with Crippen LogP contribution in [0.2, 0.25) is 0 Å². The number of hydrogen-bond donors (Lipinski definition) is 3. The van der Waals surface area contributed by atoms with Crippen LogP contribution >= 0.6 is 0 Å². The fourth-order valence-corrected chi connectivity index (χ4v) is 5.46. The second kappa shape index (κ2) is 15.9. The molecule has 10 heteroatoms. The fourth-order valence-electron chi connectivity index (χ4n) is 5.46. The molecule has 0 amide bonds. The highest BCUT2D eigenvalue weighted by atomic mass is 19.1. The summed E-state index contributed by atoms with van der Waals surface area (Å²) in [5.74, 6) is -0.781. The molecule has 3 N–H and O–H groups in total. The Hall–Kier alpha value is -4.57. The van der Waals surface area contributed by atoms with E-state index in [-0.39, 0.29) is 12.4 Å². The summed E-state index contributed by atoms with van der Waals surface area (Å²) in [6.45, 7) is 2.80. The maximum Gasteiger partial charge on any atom is 0.326 e. The number of halogens is 2. The zero-order valence-corrected chi connectivity index (χ0v) is 25.2. The fraction of sp³-hybridized carbons (Fsp3) is 0.343. The quantitative estimate of drug-likeness (QED) is 0.124. The largest absolute Gasteiger partial charge is 0.492 e. The second-order valence-corrected chi connectivity index (χ2v) is 11.2. The minimum Gasteiger partial charge on any atom is -0.492 e. The average Bonchev–Trinajstić information content (AvgIpc) is 3.04. The lowest BCUT2D eigenvalue weighted by molar-refractivity contribution is -0.138. The van der Waals surface area contributed by atoms with Gasteiger partial charge in [0.15, 0.2) is 0 Å². The van der Waals surface area contributed by atoms with Gasteiger partial charge < -0.3 is 20.5 Å². The van der Waals surface area contributed by atoms with Crippen LogP contribution in [0.25, 0.3) is 11.1 Å². The van der Waals surface area contributed by atoms with Crippen molar-refractivity contribution in [3.05, 3.63) is 102 Å². The number of anilines is 2. The van der Waals surface area contributed by atoms with E-state index >= 15 is 0 Å². The van der Waals surface area contributed by atoms with Gasteiger partial charge in [0, 0.05) is 49.7 Å². The van der Waals surface area contributed by atoms with Gasteiger partial charge in [0.1, 0.15) is 41.7 Å². The summed E-state index contributed by atoms with van der Waals surface area (Å²) in [6.07, 6.45) is 6.77. The van der Waals surface area contributed by atoms with E-state index < -0.39 is 23.6 Å². The maximum absolute atomic E-state index is 13.6. The van der Waals surface area contributed by atoms with Crippen molar-refractivity contribution in [2.24, 2.45) is 0 Å². The molecule has 0 unspecified atom stereocenters. The summed E-state index contributed by atoms with van der Waals surface area (Å²) in [5.41, 5.74) is 4.26. The van der Waals surface area contributed by atoms with Crippen LogP contribution < -0.4 is 15.4 Å². The molecule has 3 heterocycles. The first-order valence-electron chi connectivity index (χ1n) is 15.5. The lowest BCUT2D eigenvalue weighted by atomic mass is 10.1. The molecule has 0 saturated carbocycles. The summed E-state index contributed by atoms with van der Waals surface area (Å²) in [6, 6.07) is 20.0. The van der Waals surface area contributed by atoms with Gasteiger partial charge >= 0.3 is 5.97 Å².